The molecule has 5 nitrogen and oxygen atoms in total. The number of hydrogen-bond acceptors (Lipinski definition) is 4. The summed E-state index contributed by atoms with van der Waals surface area (Å²) in [5, 5.41) is 6.55. The van der Waals surface area contributed by atoms with E-state index in [0.717, 1.165) is 24.3 Å². The first kappa shape index (κ1) is 17.2. The van der Waals surface area contributed by atoms with Crippen molar-refractivity contribution < 1.29 is 14.3 Å². The summed E-state index contributed by atoms with van der Waals surface area (Å²) in [6.07, 6.45) is 6.86. The summed E-state index contributed by atoms with van der Waals surface area (Å²) in [6, 6.07) is 8.07. The van der Waals surface area contributed by atoms with Crippen molar-refractivity contribution in [2.24, 2.45) is 5.92 Å². The van der Waals surface area contributed by atoms with Crippen molar-refractivity contribution in [2.45, 2.75) is 50.6 Å². The Morgan fingerprint density at radius 3 is 3.00 bits per heavy atom. The van der Waals surface area contributed by atoms with Crippen LogP contribution in [0.15, 0.2) is 24.3 Å². The van der Waals surface area contributed by atoms with Crippen LogP contribution in [-0.2, 0) is 9.53 Å². The van der Waals surface area contributed by atoms with Crippen molar-refractivity contribution in [3.8, 4) is 5.75 Å². The van der Waals surface area contributed by atoms with Gasteiger partial charge in [0, 0.05) is 37.9 Å². The van der Waals surface area contributed by atoms with E-state index in [-0.39, 0.29) is 11.9 Å². The van der Waals surface area contributed by atoms with Gasteiger partial charge in [-0.1, -0.05) is 18.9 Å². The number of rotatable bonds is 7. The quantitative estimate of drug-likeness (QED) is 0.754. The molecular weight excluding hydrogens is 304 g/mol. The standard InChI is InChI=1S/C19H28N2O3/c1-23-10-5-11-24-16-8-4-7-15(13-16)20-19(22)18-12-14-6-2-3-9-17(14)21-18/h4,7-8,13-14,17-18,21H,2-3,5-6,9-12H2,1H3,(H,20,22). The highest BCUT2D eigenvalue weighted by Crippen LogP contribution is 2.33. The fraction of sp³-hybridized carbons (Fsp3) is 0.632. The van der Waals surface area contributed by atoms with Gasteiger partial charge in [0.25, 0.3) is 0 Å². The van der Waals surface area contributed by atoms with Crippen molar-refractivity contribution in [3.63, 3.8) is 0 Å². The zero-order valence-electron chi connectivity index (χ0n) is 14.4. The molecule has 1 saturated heterocycles. The van der Waals surface area contributed by atoms with Gasteiger partial charge in [-0.05, 0) is 37.3 Å². The van der Waals surface area contributed by atoms with E-state index >= 15 is 0 Å². The van der Waals surface area contributed by atoms with E-state index in [1.165, 1.54) is 25.7 Å². The summed E-state index contributed by atoms with van der Waals surface area (Å²) in [4.78, 5) is 12.5. The minimum absolute atomic E-state index is 0.0654. The molecule has 1 aromatic carbocycles. The van der Waals surface area contributed by atoms with Gasteiger partial charge in [-0.2, -0.15) is 0 Å². The number of hydrogen-bond donors (Lipinski definition) is 2. The minimum atomic E-state index is -0.0654. The first-order valence-corrected chi connectivity index (χ1v) is 9.05. The van der Waals surface area contributed by atoms with E-state index in [1.807, 2.05) is 24.3 Å². The van der Waals surface area contributed by atoms with Crippen LogP contribution in [0.1, 0.15) is 38.5 Å². The lowest BCUT2D eigenvalue weighted by Gasteiger charge is -2.24. The fourth-order valence-electron chi connectivity index (χ4n) is 3.81. The fourth-order valence-corrected chi connectivity index (χ4v) is 3.81. The lowest BCUT2D eigenvalue weighted by atomic mass is 9.85. The Balaban J connectivity index is 1.51. The zero-order chi connectivity index (χ0) is 16.8. The van der Waals surface area contributed by atoms with Crippen LogP contribution in [0, 0.1) is 5.92 Å². The molecule has 5 heteroatoms. The second-order valence-electron chi connectivity index (χ2n) is 6.82. The molecule has 1 saturated carbocycles. The average molecular weight is 332 g/mol. The molecule has 0 bridgehead atoms. The molecule has 132 valence electrons. The van der Waals surface area contributed by atoms with Gasteiger partial charge in [0.05, 0.1) is 12.6 Å². The molecule has 2 aliphatic rings. The third kappa shape index (κ3) is 4.48. The van der Waals surface area contributed by atoms with E-state index in [2.05, 4.69) is 10.6 Å². The Morgan fingerprint density at radius 1 is 1.29 bits per heavy atom. The summed E-state index contributed by atoms with van der Waals surface area (Å²) < 4.78 is 10.7. The Hall–Kier alpha value is -1.59. The van der Waals surface area contributed by atoms with Crippen molar-refractivity contribution in [3.05, 3.63) is 24.3 Å². The maximum Gasteiger partial charge on any atom is 0.241 e. The number of anilines is 1. The van der Waals surface area contributed by atoms with Crippen molar-refractivity contribution in [1.29, 1.82) is 0 Å². The van der Waals surface area contributed by atoms with Crippen LogP contribution in [0.2, 0.25) is 0 Å². The molecular formula is C19H28N2O3. The number of ether oxygens (including phenoxy) is 2. The highest BCUT2D eigenvalue weighted by Gasteiger charge is 2.38. The van der Waals surface area contributed by atoms with Gasteiger partial charge >= 0.3 is 0 Å². The maximum atomic E-state index is 12.5. The van der Waals surface area contributed by atoms with Crippen molar-refractivity contribution in [1.82, 2.24) is 5.32 Å². The summed E-state index contributed by atoms with van der Waals surface area (Å²) in [5.41, 5.74) is 0.793. The average Bonchev–Trinajstić information content (AvgIpc) is 3.03. The van der Waals surface area contributed by atoms with Gasteiger partial charge in [-0.3, -0.25) is 4.79 Å². The van der Waals surface area contributed by atoms with Gasteiger partial charge in [-0.15, -0.1) is 0 Å². The Morgan fingerprint density at radius 2 is 2.17 bits per heavy atom. The highest BCUT2D eigenvalue weighted by molar-refractivity contribution is 5.95. The third-order valence-corrected chi connectivity index (χ3v) is 5.04. The molecule has 2 fully saturated rings. The van der Waals surface area contributed by atoms with Gasteiger partial charge < -0.3 is 20.1 Å². The van der Waals surface area contributed by atoms with Crippen LogP contribution < -0.4 is 15.4 Å². The van der Waals surface area contributed by atoms with Gasteiger partial charge in [0.2, 0.25) is 5.91 Å². The molecule has 0 aromatic heterocycles. The third-order valence-electron chi connectivity index (χ3n) is 5.04. The smallest absolute Gasteiger partial charge is 0.241 e. The number of methoxy groups -OCH3 is 1. The zero-order valence-corrected chi connectivity index (χ0v) is 14.4. The van der Waals surface area contributed by atoms with Gasteiger partial charge in [-0.25, -0.2) is 0 Å². The second-order valence-corrected chi connectivity index (χ2v) is 6.82. The van der Waals surface area contributed by atoms with Crippen LogP contribution in [-0.4, -0.2) is 38.3 Å². The summed E-state index contributed by atoms with van der Waals surface area (Å²) in [6.45, 7) is 1.30. The maximum absolute atomic E-state index is 12.5. The van der Waals surface area contributed by atoms with E-state index in [9.17, 15) is 4.79 Å². The molecule has 1 amide bonds. The predicted molar refractivity (Wildman–Crippen MR) is 94.3 cm³/mol. The van der Waals surface area contributed by atoms with Gasteiger partial charge in [0.15, 0.2) is 0 Å². The van der Waals surface area contributed by atoms with E-state index in [4.69, 9.17) is 9.47 Å². The first-order valence-electron chi connectivity index (χ1n) is 9.05. The van der Waals surface area contributed by atoms with Crippen LogP contribution in [0.5, 0.6) is 5.75 Å². The monoisotopic (exact) mass is 332 g/mol. The second kappa shape index (κ2) is 8.49. The number of amides is 1. The number of carbonyl (C=O) groups excluding carboxylic acids is 1. The van der Waals surface area contributed by atoms with Crippen LogP contribution in [0.25, 0.3) is 0 Å². The van der Waals surface area contributed by atoms with Crippen molar-refractivity contribution in [2.75, 3.05) is 25.6 Å². The number of benzene rings is 1. The molecule has 2 N–H and O–H groups in total. The molecule has 24 heavy (non-hydrogen) atoms. The van der Waals surface area contributed by atoms with Gasteiger partial charge in [0.1, 0.15) is 5.75 Å². The van der Waals surface area contributed by atoms with E-state index in [1.54, 1.807) is 7.11 Å². The molecule has 1 aliphatic carbocycles. The topological polar surface area (TPSA) is 59.6 Å². The van der Waals surface area contributed by atoms with E-state index in [0.29, 0.717) is 25.2 Å². The molecule has 0 spiro atoms. The van der Waals surface area contributed by atoms with Crippen LogP contribution >= 0.6 is 0 Å². The Labute approximate surface area is 144 Å². The van der Waals surface area contributed by atoms with Crippen LogP contribution in [0.4, 0.5) is 5.69 Å². The lowest BCUT2D eigenvalue weighted by Crippen LogP contribution is -2.39. The largest absolute Gasteiger partial charge is 0.493 e. The Kier molecular flexibility index (Phi) is 6.10. The van der Waals surface area contributed by atoms with Crippen LogP contribution in [0.3, 0.4) is 0 Å². The summed E-state index contributed by atoms with van der Waals surface area (Å²) >= 11 is 0. The molecule has 3 unspecified atom stereocenters. The summed E-state index contributed by atoms with van der Waals surface area (Å²) in [5.74, 6) is 1.52. The molecule has 1 aromatic rings. The number of nitrogens with one attached hydrogen (secondary N) is 2. The normalized spacial score (nSPS) is 26.0. The highest BCUT2D eigenvalue weighted by atomic mass is 16.5. The SMILES string of the molecule is COCCCOc1cccc(NC(=O)C2CC3CCCCC3N2)c1. The van der Waals surface area contributed by atoms with Crippen molar-refractivity contribution >= 4 is 11.6 Å². The number of carbonyl (C=O) groups is 1. The van der Waals surface area contributed by atoms with E-state index < -0.39 is 0 Å². The summed E-state index contributed by atoms with van der Waals surface area (Å²) in [7, 11) is 1.68. The molecule has 1 aliphatic heterocycles. The minimum Gasteiger partial charge on any atom is -0.493 e. The molecule has 1 heterocycles. The molecule has 3 rings (SSSR count). The number of fused-ring (bicyclic) bond motifs is 1. The first-order chi connectivity index (χ1) is 11.8. The molecule has 0 radical (unpaired) electrons. The Bertz CT molecular complexity index is 535. The predicted octanol–water partition coefficient (Wildman–Crippen LogP) is 2.96. The lowest BCUT2D eigenvalue weighted by molar-refractivity contribution is -0.117. The molecule has 3 atom stereocenters.